The predicted molar refractivity (Wildman–Crippen MR) is 104 cm³/mol. The van der Waals surface area contributed by atoms with Crippen molar-refractivity contribution >= 4 is 28.7 Å². The average molecular weight is 396 g/mol. The van der Waals surface area contributed by atoms with Crippen molar-refractivity contribution in [3.05, 3.63) is 29.3 Å². The number of nitriles is 1. The van der Waals surface area contributed by atoms with Crippen LogP contribution in [0.25, 0.3) is 10.9 Å². The molecule has 0 saturated carbocycles. The molecule has 0 atom stereocenters. The summed E-state index contributed by atoms with van der Waals surface area (Å²) in [7, 11) is 0. The van der Waals surface area contributed by atoms with Crippen molar-refractivity contribution in [3.63, 3.8) is 0 Å². The van der Waals surface area contributed by atoms with Crippen molar-refractivity contribution in [2.24, 2.45) is 0 Å². The average Bonchev–Trinajstić information content (AvgIpc) is 2.98. The highest BCUT2D eigenvalue weighted by Crippen LogP contribution is 2.37. The van der Waals surface area contributed by atoms with Crippen LogP contribution in [0.15, 0.2) is 18.2 Å². The molecule has 1 aliphatic heterocycles. The molecule has 4 nitrogen and oxygen atoms in total. The number of aryl methyl sites for hydroxylation is 1. The Balaban J connectivity index is 1.99. The lowest BCUT2D eigenvalue weighted by Crippen LogP contribution is -2.44. The maximum absolute atomic E-state index is 13.1. The van der Waals surface area contributed by atoms with Crippen molar-refractivity contribution in [2.75, 3.05) is 36.8 Å². The molecule has 146 valence electrons. The Kier molecular flexibility index (Phi) is 5.92. The van der Waals surface area contributed by atoms with Gasteiger partial charge in [-0.15, -0.1) is 0 Å². The quantitative estimate of drug-likeness (QED) is 0.685. The number of halogens is 3. The van der Waals surface area contributed by atoms with Gasteiger partial charge in [0, 0.05) is 43.9 Å². The predicted octanol–water partition coefficient (Wildman–Crippen LogP) is 4.73. The van der Waals surface area contributed by atoms with E-state index < -0.39 is 11.7 Å². The molecule has 0 spiro atoms. The van der Waals surface area contributed by atoms with Gasteiger partial charge in [0.2, 0.25) is 0 Å². The van der Waals surface area contributed by atoms with Gasteiger partial charge in [-0.1, -0.05) is 24.9 Å². The van der Waals surface area contributed by atoms with E-state index in [1.54, 1.807) is 0 Å². The van der Waals surface area contributed by atoms with Crippen LogP contribution in [0.1, 0.15) is 31.4 Å². The number of nitrogens with zero attached hydrogens (tertiary/aromatic N) is 4. The minimum absolute atomic E-state index is 0.468. The third kappa shape index (κ3) is 3.90. The molecule has 2 heterocycles. The smallest absolute Gasteiger partial charge is 0.354 e. The Morgan fingerprint density at radius 1 is 1.15 bits per heavy atom. The summed E-state index contributed by atoms with van der Waals surface area (Å²) in [5.74, 6) is 1.83. The third-order valence-electron chi connectivity index (χ3n) is 4.81. The molecule has 0 bridgehead atoms. The molecule has 27 heavy (non-hydrogen) atoms. The zero-order valence-corrected chi connectivity index (χ0v) is 16.3. The van der Waals surface area contributed by atoms with Crippen molar-refractivity contribution in [1.29, 1.82) is 5.26 Å². The molecular weight excluding hydrogens is 373 g/mol. The van der Waals surface area contributed by atoms with Crippen molar-refractivity contribution < 1.29 is 13.2 Å². The van der Waals surface area contributed by atoms with Crippen LogP contribution in [-0.4, -0.2) is 40.8 Å². The number of hydrogen-bond acceptors (Lipinski definition) is 4. The number of alkyl halides is 3. The fourth-order valence-electron chi connectivity index (χ4n) is 3.52. The summed E-state index contributed by atoms with van der Waals surface area (Å²) in [5, 5.41) is 10.3. The summed E-state index contributed by atoms with van der Waals surface area (Å²) >= 11 is 1.83. The number of hydrogen-bond donors (Lipinski definition) is 0. The van der Waals surface area contributed by atoms with Gasteiger partial charge in [0.25, 0.3) is 0 Å². The van der Waals surface area contributed by atoms with Gasteiger partial charge >= 0.3 is 6.18 Å². The SMILES string of the molecule is CCCSN1CCN(c2c(C#N)c3ccc(C(F)(F)F)cc3n2CC)CC1. The van der Waals surface area contributed by atoms with E-state index in [2.05, 4.69) is 22.2 Å². The van der Waals surface area contributed by atoms with E-state index in [1.165, 1.54) is 6.07 Å². The summed E-state index contributed by atoms with van der Waals surface area (Å²) in [5.41, 5.74) is 0.260. The molecule has 0 aliphatic carbocycles. The number of anilines is 1. The first-order valence-electron chi connectivity index (χ1n) is 9.17. The van der Waals surface area contributed by atoms with Crippen LogP contribution in [0.3, 0.4) is 0 Å². The highest BCUT2D eigenvalue weighted by atomic mass is 32.2. The van der Waals surface area contributed by atoms with E-state index in [0.717, 1.165) is 56.3 Å². The van der Waals surface area contributed by atoms with Crippen molar-refractivity contribution in [1.82, 2.24) is 8.87 Å². The molecule has 1 aromatic carbocycles. The van der Waals surface area contributed by atoms with Crippen LogP contribution in [0.5, 0.6) is 0 Å². The Morgan fingerprint density at radius 3 is 2.41 bits per heavy atom. The molecule has 1 aliphatic rings. The van der Waals surface area contributed by atoms with E-state index in [1.807, 2.05) is 23.4 Å². The molecule has 1 fully saturated rings. The third-order valence-corrected chi connectivity index (χ3v) is 6.13. The van der Waals surface area contributed by atoms with E-state index in [0.29, 0.717) is 23.0 Å². The molecule has 0 amide bonds. The number of aromatic nitrogens is 1. The minimum Gasteiger partial charge on any atom is -0.354 e. The Morgan fingerprint density at radius 2 is 1.85 bits per heavy atom. The van der Waals surface area contributed by atoms with Crippen LogP contribution >= 0.6 is 11.9 Å². The molecule has 2 aromatic rings. The monoisotopic (exact) mass is 396 g/mol. The zero-order chi connectivity index (χ0) is 19.6. The maximum Gasteiger partial charge on any atom is 0.416 e. The number of fused-ring (bicyclic) bond motifs is 1. The fraction of sp³-hybridized carbons (Fsp3) is 0.526. The lowest BCUT2D eigenvalue weighted by molar-refractivity contribution is -0.137. The van der Waals surface area contributed by atoms with Crippen LogP contribution < -0.4 is 4.90 Å². The Hall–Kier alpha value is -1.85. The maximum atomic E-state index is 13.1. The molecule has 3 rings (SSSR count). The molecule has 8 heteroatoms. The second kappa shape index (κ2) is 8.03. The number of rotatable bonds is 5. The van der Waals surface area contributed by atoms with Gasteiger partial charge in [0.1, 0.15) is 17.5 Å². The van der Waals surface area contributed by atoms with E-state index >= 15 is 0 Å². The van der Waals surface area contributed by atoms with Gasteiger partial charge in [-0.3, -0.25) is 0 Å². The summed E-state index contributed by atoms with van der Waals surface area (Å²) in [4.78, 5) is 2.14. The van der Waals surface area contributed by atoms with Gasteiger partial charge < -0.3 is 9.47 Å². The van der Waals surface area contributed by atoms with Crippen molar-refractivity contribution in [3.8, 4) is 6.07 Å². The largest absolute Gasteiger partial charge is 0.416 e. The summed E-state index contributed by atoms with van der Waals surface area (Å²) < 4.78 is 43.6. The standard InChI is InChI=1S/C19H23F3N4S/c1-3-11-27-25-9-7-24(8-10-25)18-16(13-23)15-6-5-14(19(20,21)22)12-17(15)26(18)4-2/h5-6,12H,3-4,7-11H2,1-2H3. The molecule has 0 N–H and O–H groups in total. The van der Waals surface area contributed by atoms with Crippen LogP contribution in [0.4, 0.5) is 19.0 Å². The number of piperazine rings is 1. The van der Waals surface area contributed by atoms with Crippen molar-refractivity contribution in [2.45, 2.75) is 33.0 Å². The Labute approximate surface area is 161 Å². The first kappa shape index (κ1) is 19.9. The van der Waals surface area contributed by atoms with Crippen LogP contribution in [-0.2, 0) is 12.7 Å². The summed E-state index contributed by atoms with van der Waals surface area (Å²) in [6.45, 7) is 7.82. The Bertz CT molecular complexity index is 845. The fourth-order valence-corrected chi connectivity index (χ4v) is 4.38. The first-order valence-corrected chi connectivity index (χ1v) is 10.1. The molecule has 1 saturated heterocycles. The first-order chi connectivity index (χ1) is 12.9. The van der Waals surface area contributed by atoms with Gasteiger partial charge in [0.05, 0.1) is 11.1 Å². The minimum atomic E-state index is -4.40. The molecular formula is C19H23F3N4S. The van der Waals surface area contributed by atoms with Crippen LogP contribution in [0, 0.1) is 11.3 Å². The molecule has 0 radical (unpaired) electrons. The van der Waals surface area contributed by atoms with E-state index in [-0.39, 0.29) is 0 Å². The second-order valence-electron chi connectivity index (χ2n) is 6.53. The lowest BCUT2D eigenvalue weighted by Gasteiger charge is -2.35. The van der Waals surface area contributed by atoms with Gasteiger partial charge in [0.15, 0.2) is 0 Å². The van der Waals surface area contributed by atoms with Gasteiger partial charge in [-0.25, -0.2) is 4.31 Å². The van der Waals surface area contributed by atoms with Crippen LogP contribution in [0.2, 0.25) is 0 Å². The highest BCUT2D eigenvalue weighted by Gasteiger charge is 2.32. The molecule has 0 unspecified atom stereocenters. The number of benzene rings is 1. The summed E-state index contributed by atoms with van der Waals surface area (Å²) in [6, 6.07) is 5.89. The second-order valence-corrected chi connectivity index (χ2v) is 7.72. The molecule has 1 aromatic heterocycles. The lowest BCUT2D eigenvalue weighted by atomic mass is 10.1. The highest BCUT2D eigenvalue weighted by molar-refractivity contribution is 7.97. The summed E-state index contributed by atoms with van der Waals surface area (Å²) in [6.07, 6.45) is -3.28. The van der Waals surface area contributed by atoms with E-state index in [4.69, 9.17) is 0 Å². The van der Waals surface area contributed by atoms with Gasteiger partial charge in [-0.2, -0.15) is 18.4 Å². The zero-order valence-electron chi connectivity index (χ0n) is 15.5. The normalized spacial score (nSPS) is 16.1. The van der Waals surface area contributed by atoms with Gasteiger partial charge in [-0.05, 0) is 25.5 Å². The van der Waals surface area contributed by atoms with E-state index in [9.17, 15) is 18.4 Å². The topological polar surface area (TPSA) is 35.2 Å².